The van der Waals surface area contributed by atoms with E-state index in [-0.39, 0.29) is 0 Å². The number of benzene rings is 1. The summed E-state index contributed by atoms with van der Waals surface area (Å²) in [6.07, 6.45) is 0. The minimum absolute atomic E-state index is 0.501. The van der Waals surface area contributed by atoms with E-state index in [2.05, 4.69) is 10.3 Å². The third-order valence-electron chi connectivity index (χ3n) is 2.59. The molecule has 0 aliphatic carbocycles. The van der Waals surface area contributed by atoms with Gasteiger partial charge in [-0.3, -0.25) is 0 Å². The number of aliphatic carboxylic acids is 1. The van der Waals surface area contributed by atoms with E-state index in [0.717, 1.165) is 5.01 Å². The lowest BCUT2D eigenvalue weighted by molar-refractivity contribution is -0.138. The average molecular weight is 278 g/mol. The Labute approximate surface area is 114 Å². The molecule has 1 unspecified atom stereocenters. The molecule has 0 amide bonds. The van der Waals surface area contributed by atoms with Gasteiger partial charge in [0.1, 0.15) is 5.75 Å². The first-order chi connectivity index (χ1) is 9.11. The highest BCUT2D eigenvalue weighted by atomic mass is 32.1. The topological polar surface area (TPSA) is 71.5 Å². The zero-order valence-corrected chi connectivity index (χ0v) is 11.4. The standard InChI is InChI=1S/C13H14N2O3S/c1-8-14-10(7-19-8)12(13(16)17)15-9-5-3-4-6-11(9)18-2/h3-7,12,15H,1-2H3,(H,16,17). The van der Waals surface area contributed by atoms with E-state index in [1.54, 1.807) is 24.6 Å². The molecule has 0 spiro atoms. The number of thiazole rings is 1. The molecule has 0 radical (unpaired) electrons. The zero-order chi connectivity index (χ0) is 13.8. The van der Waals surface area contributed by atoms with Crippen LogP contribution in [0.1, 0.15) is 16.7 Å². The summed E-state index contributed by atoms with van der Waals surface area (Å²) in [5.74, 6) is -0.378. The Balaban J connectivity index is 2.29. The fourth-order valence-corrected chi connectivity index (χ4v) is 2.33. The molecule has 1 heterocycles. The minimum atomic E-state index is -0.976. The van der Waals surface area contributed by atoms with E-state index < -0.39 is 12.0 Å². The van der Waals surface area contributed by atoms with Gasteiger partial charge in [-0.2, -0.15) is 0 Å². The molecule has 0 fully saturated rings. The molecular formula is C13H14N2O3S. The second-order valence-corrected chi connectivity index (χ2v) is 4.97. The summed E-state index contributed by atoms with van der Waals surface area (Å²) < 4.78 is 5.19. The van der Waals surface area contributed by atoms with E-state index in [1.807, 2.05) is 19.1 Å². The van der Waals surface area contributed by atoms with Gasteiger partial charge in [0.05, 0.1) is 23.5 Å². The molecule has 0 aliphatic heterocycles. The normalized spacial score (nSPS) is 11.9. The highest BCUT2D eigenvalue weighted by molar-refractivity contribution is 7.09. The van der Waals surface area contributed by atoms with E-state index >= 15 is 0 Å². The van der Waals surface area contributed by atoms with Crippen LogP contribution in [0.25, 0.3) is 0 Å². The van der Waals surface area contributed by atoms with Crippen LogP contribution in [0.4, 0.5) is 5.69 Å². The number of hydrogen-bond donors (Lipinski definition) is 2. The van der Waals surface area contributed by atoms with Crippen molar-refractivity contribution < 1.29 is 14.6 Å². The number of carbonyl (C=O) groups is 1. The smallest absolute Gasteiger partial charge is 0.332 e. The summed E-state index contributed by atoms with van der Waals surface area (Å²) in [4.78, 5) is 15.6. The van der Waals surface area contributed by atoms with Crippen molar-refractivity contribution in [1.29, 1.82) is 0 Å². The molecule has 0 bridgehead atoms. The number of aromatic nitrogens is 1. The van der Waals surface area contributed by atoms with E-state index in [1.165, 1.54) is 11.3 Å². The molecule has 0 saturated heterocycles. The predicted octanol–water partition coefficient (Wildman–Crippen LogP) is 2.70. The molecule has 19 heavy (non-hydrogen) atoms. The lowest BCUT2D eigenvalue weighted by atomic mass is 10.2. The third kappa shape index (κ3) is 3.03. The number of rotatable bonds is 5. The van der Waals surface area contributed by atoms with E-state index in [9.17, 15) is 9.90 Å². The molecular weight excluding hydrogens is 264 g/mol. The number of carboxylic acids is 1. The first-order valence-electron chi connectivity index (χ1n) is 5.66. The Morgan fingerprint density at radius 2 is 2.21 bits per heavy atom. The van der Waals surface area contributed by atoms with Crippen LogP contribution in [0.5, 0.6) is 5.75 Å². The van der Waals surface area contributed by atoms with Crippen LogP contribution in [0.15, 0.2) is 29.6 Å². The van der Waals surface area contributed by atoms with Crippen LogP contribution in [0.3, 0.4) is 0 Å². The maximum atomic E-state index is 11.4. The fraction of sp³-hybridized carbons (Fsp3) is 0.231. The highest BCUT2D eigenvalue weighted by Crippen LogP contribution is 2.28. The van der Waals surface area contributed by atoms with Gasteiger partial charge >= 0.3 is 5.97 Å². The molecule has 0 saturated carbocycles. The number of nitrogens with one attached hydrogen (secondary N) is 1. The quantitative estimate of drug-likeness (QED) is 0.880. The second kappa shape index (κ2) is 5.71. The predicted molar refractivity (Wildman–Crippen MR) is 73.8 cm³/mol. The van der Waals surface area contributed by atoms with Crippen molar-refractivity contribution in [2.45, 2.75) is 13.0 Å². The molecule has 2 aromatic rings. The molecule has 0 aliphatic rings. The van der Waals surface area contributed by atoms with Gasteiger partial charge in [0.25, 0.3) is 0 Å². The largest absolute Gasteiger partial charge is 0.495 e. The molecule has 1 atom stereocenters. The van der Waals surface area contributed by atoms with Crippen molar-refractivity contribution in [3.05, 3.63) is 40.3 Å². The van der Waals surface area contributed by atoms with Crippen molar-refractivity contribution in [3.8, 4) is 5.75 Å². The summed E-state index contributed by atoms with van der Waals surface area (Å²) in [5, 5.41) is 14.9. The Morgan fingerprint density at radius 3 is 2.79 bits per heavy atom. The average Bonchev–Trinajstić information content (AvgIpc) is 2.82. The van der Waals surface area contributed by atoms with Crippen LogP contribution in [-0.2, 0) is 4.79 Å². The third-order valence-corrected chi connectivity index (χ3v) is 3.38. The lowest BCUT2D eigenvalue weighted by Crippen LogP contribution is -2.21. The summed E-state index contributed by atoms with van der Waals surface area (Å²) in [7, 11) is 1.54. The number of hydrogen-bond acceptors (Lipinski definition) is 5. The monoisotopic (exact) mass is 278 g/mol. The van der Waals surface area contributed by atoms with E-state index in [0.29, 0.717) is 17.1 Å². The number of para-hydroxylation sites is 2. The molecule has 2 rings (SSSR count). The van der Waals surface area contributed by atoms with Gasteiger partial charge in [-0.05, 0) is 19.1 Å². The number of nitrogens with zero attached hydrogens (tertiary/aromatic N) is 1. The minimum Gasteiger partial charge on any atom is -0.495 e. The van der Waals surface area contributed by atoms with Gasteiger partial charge in [0.2, 0.25) is 0 Å². The number of anilines is 1. The summed E-state index contributed by atoms with van der Waals surface area (Å²) in [5.41, 5.74) is 1.13. The fourth-order valence-electron chi connectivity index (χ4n) is 1.69. The van der Waals surface area contributed by atoms with Crippen molar-refractivity contribution in [3.63, 3.8) is 0 Å². The Morgan fingerprint density at radius 1 is 1.47 bits per heavy atom. The molecule has 5 nitrogen and oxygen atoms in total. The van der Waals surface area contributed by atoms with Gasteiger partial charge in [-0.1, -0.05) is 12.1 Å². The lowest BCUT2D eigenvalue weighted by Gasteiger charge is -2.16. The van der Waals surface area contributed by atoms with Gasteiger partial charge in [0.15, 0.2) is 6.04 Å². The second-order valence-electron chi connectivity index (χ2n) is 3.91. The van der Waals surface area contributed by atoms with Crippen molar-refractivity contribution in [2.75, 3.05) is 12.4 Å². The van der Waals surface area contributed by atoms with Crippen molar-refractivity contribution in [2.24, 2.45) is 0 Å². The number of methoxy groups -OCH3 is 1. The Kier molecular flexibility index (Phi) is 4.01. The summed E-state index contributed by atoms with van der Waals surface area (Å²) >= 11 is 1.42. The molecule has 1 aromatic carbocycles. The van der Waals surface area contributed by atoms with Gasteiger partial charge in [-0.25, -0.2) is 9.78 Å². The number of carboxylic acid groups (broad SMARTS) is 1. The van der Waals surface area contributed by atoms with E-state index in [4.69, 9.17) is 4.74 Å². The first-order valence-corrected chi connectivity index (χ1v) is 6.54. The van der Waals surface area contributed by atoms with Gasteiger partial charge in [-0.15, -0.1) is 11.3 Å². The first kappa shape index (κ1) is 13.4. The van der Waals surface area contributed by atoms with Crippen molar-refractivity contribution in [1.82, 2.24) is 4.98 Å². The van der Waals surface area contributed by atoms with Gasteiger partial charge in [0, 0.05) is 5.38 Å². The molecule has 100 valence electrons. The highest BCUT2D eigenvalue weighted by Gasteiger charge is 2.23. The van der Waals surface area contributed by atoms with Gasteiger partial charge < -0.3 is 15.2 Å². The van der Waals surface area contributed by atoms with Crippen LogP contribution in [0.2, 0.25) is 0 Å². The van der Waals surface area contributed by atoms with Crippen LogP contribution in [-0.4, -0.2) is 23.2 Å². The molecule has 6 heteroatoms. The van der Waals surface area contributed by atoms with Crippen LogP contribution in [0, 0.1) is 6.92 Å². The molecule has 2 N–H and O–H groups in total. The maximum Gasteiger partial charge on any atom is 0.332 e. The SMILES string of the molecule is COc1ccccc1NC(C(=O)O)c1csc(C)n1. The number of aryl methyl sites for hydroxylation is 1. The zero-order valence-electron chi connectivity index (χ0n) is 10.6. The van der Waals surface area contributed by atoms with Crippen LogP contribution >= 0.6 is 11.3 Å². The molecule has 1 aromatic heterocycles. The van der Waals surface area contributed by atoms with Crippen molar-refractivity contribution >= 4 is 23.0 Å². The summed E-state index contributed by atoms with van der Waals surface area (Å²) in [6, 6.07) is 6.30. The Hall–Kier alpha value is -2.08. The van der Waals surface area contributed by atoms with Crippen LogP contribution < -0.4 is 10.1 Å². The Bertz CT molecular complexity index is 583. The summed E-state index contributed by atoms with van der Waals surface area (Å²) in [6.45, 7) is 1.84. The number of ether oxygens (including phenoxy) is 1. The maximum absolute atomic E-state index is 11.4.